The van der Waals surface area contributed by atoms with Gasteiger partial charge >= 0.3 is 5.97 Å². The number of benzene rings is 1. The smallest absolute Gasteiger partial charge is 0.338 e. The number of likely N-dealkylation sites (N-methyl/N-ethyl adjacent to an activating group) is 1. The zero-order valence-electron chi connectivity index (χ0n) is 16.2. The van der Waals surface area contributed by atoms with Crippen LogP contribution in [0.3, 0.4) is 0 Å². The van der Waals surface area contributed by atoms with Crippen molar-refractivity contribution in [2.24, 2.45) is 0 Å². The molecule has 27 heavy (non-hydrogen) atoms. The van der Waals surface area contributed by atoms with Crippen molar-refractivity contribution >= 4 is 27.6 Å². The van der Waals surface area contributed by atoms with E-state index in [1.807, 2.05) is 20.8 Å². The van der Waals surface area contributed by atoms with E-state index in [9.17, 15) is 22.8 Å². The number of hydrogen-bond donors (Lipinski definition) is 1. The highest BCUT2D eigenvalue weighted by Gasteiger charge is 2.19. The number of carbonyl (C=O) groups is 3. The lowest BCUT2D eigenvalue weighted by Crippen LogP contribution is -2.46. The monoisotopic (exact) mass is 398 g/mol. The van der Waals surface area contributed by atoms with Gasteiger partial charge in [-0.3, -0.25) is 9.59 Å². The number of hydrogen-bond acceptors (Lipinski definition) is 6. The standard InChI is InChI=1S/C18H26N2O6S/c1-18(2,3)19-15(21)10-20(4)16(22)11-26-17(23)14-8-6-7-13(9-14)12-27(5,24)25/h6-9H,10-12H2,1-5H3,(H,19,21). The molecule has 1 aromatic carbocycles. The molecule has 0 radical (unpaired) electrons. The summed E-state index contributed by atoms with van der Waals surface area (Å²) in [5.41, 5.74) is 0.191. The topological polar surface area (TPSA) is 110 Å². The summed E-state index contributed by atoms with van der Waals surface area (Å²) in [6.07, 6.45) is 1.10. The summed E-state index contributed by atoms with van der Waals surface area (Å²) < 4.78 is 27.7. The summed E-state index contributed by atoms with van der Waals surface area (Å²) in [4.78, 5) is 37.1. The number of carbonyl (C=O) groups excluding carboxylic acids is 3. The van der Waals surface area contributed by atoms with Crippen molar-refractivity contribution in [1.29, 1.82) is 0 Å². The first-order valence-corrected chi connectivity index (χ1v) is 10.3. The molecule has 0 aliphatic rings. The van der Waals surface area contributed by atoms with Crippen molar-refractivity contribution in [2.75, 3.05) is 26.5 Å². The maximum absolute atomic E-state index is 12.1. The van der Waals surface area contributed by atoms with E-state index >= 15 is 0 Å². The number of amides is 2. The second-order valence-electron chi connectivity index (χ2n) is 7.39. The molecule has 0 aliphatic heterocycles. The minimum Gasteiger partial charge on any atom is -0.452 e. The lowest BCUT2D eigenvalue weighted by molar-refractivity contribution is -0.137. The fourth-order valence-electron chi connectivity index (χ4n) is 2.17. The van der Waals surface area contributed by atoms with E-state index in [2.05, 4.69) is 5.32 Å². The van der Waals surface area contributed by atoms with Crippen molar-refractivity contribution in [3.05, 3.63) is 35.4 Å². The average Bonchev–Trinajstić information content (AvgIpc) is 2.48. The lowest BCUT2D eigenvalue weighted by atomic mass is 10.1. The third-order valence-corrected chi connectivity index (χ3v) is 4.10. The van der Waals surface area contributed by atoms with Crippen LogP contribution < -0.4 is 5.32 Å². The van der Waals surface area contributed by atoms with Crippen molar-refractivity contribution < 1.29 is 27.5 Å². The summed E-state index contributed by atoms with van der Waals surface area (Å²) in [6.45, 7) is 4.80. The predicted octanol–water partition coefficient (Wildman–Crippen LogP) is 0.761. The highest BCUT2D eigenvalue weighted by Crippen LogP contribution is 2.10. The number of esters is 1. The Morgan fingerprint density at radius 3 is 2.37 bits per heavy atom. The van der Waals surface area contributed by atoms with Crippen LogP contribution in [0.4, 0.5) is 0 Å². The molecule has 2 amide bonds. The molecule has 0 spiro atoms. The van der Waals surface area contributed by atoms with E-state index in [1.54, 1.807) is 12.1 Å². The SMILES string of the molecule is CN(CC(=O)NC(C)(C)C)C(=O)COC(=O)c1cccc(CS(C)(=O)=O)c1. The maximum Gasteiger partial charge on any atom is 0.338 e. The molecule has 9 heteroatoms. The molecule has 0 saturated heterocycles. The minimum atomic E-state index is -3.23. The van der Waals surface area contributed by atoms with Crippen LogP contribution in [0.25, 0.3) is 0 Å². The maximum atomic E-state index is 12.1. The van der Waals surface area contributed by atoms with E-state index in [-0.39, 0.29) is 23.8 Å². The molecule has 0 fully saturated rings. The summed E-state index contributed by atoms with van der Waals surface area (Å²) in [5, 5.41) is 2.73. The van der Waals surface area contributed by atoms with Crippen molar-refractivity contribution in [1.82, 2.24) is 10.2 Å². The Balaban J connectivity index is 2.60. The Hall–Kier alpha value is -2.42. The van der Waals surface area contributed by atoms with Crippen LogP contribution in [0.2, 0.25) is 0 Å². The predicted molar refractivity (Wildman–Crippen MR) is 101 cm³/mol. The molecule has 1 rings (SSSR count). The molecule has 1 aromatic rings. The molecule has 0 atom stereocenters. The summed E-state index contributed by atoms with van der Waals surface area (Å²) in [7, 11) is -1.80. The van der Waals surface area contributed by atoms with Gasteiger partial charge in [0.15, 0.2) is 16.4 Å². The molecular weight excluding hydrogens is 372 g/mol. The van der Waals surface area contributed by atoms with Gasteiger partial charge < -0.3 is 15.0 Å². The first-order valence-electron chi connectivity index (χ1n) is 8.25. The number of nitrogens with one attached hydrogen (secondary N) is 1. The molecule has 0 unspecified atom stereocenters. The Labute approximate surface area is 159 Å². The van der Waals surface area contributed by atoms with Crippen molar-refractivity contribution in [3.63, 3.8) is 0 Å². The first-order chi connectivity index (χ1) is 12.3. The van der Waals surface area contributed by atoms with Crippen LogP contribution in [0.5, 0.6) is 0 Å². The molecule has 8 nitrogen and oxygen atoms in total. The van der Waals surface area contributed by atoms with Gasteiger partial charge in [0, 0.05) is 18.8 Å². The van der Waals surface area contributed by atoms with Crippen LogP contribution in [-0.4, -0.2) is 63.1 Å². The second kappa shape index (κ2) is 8.98. The van der Waals surface area contributed by atoms with Gasteiger partial charge in [0.25, 0.3) is 5.91 Å². The molecule has 0 aliphatic carbocycles. The average molecular weight is 398 g/mol. The van der Waals surface area contributed by atoms with Gasteiger partial charge in [0.05, 0.1) is 17.9 Å². The zero-order chi connectivity index (χ0) is 20.8. The van der Waals surface area contributed by atoms with Crippen LogP contribution in [0, 0.1) is 0 Å². The molecule has 1 N–H and O–H groups in total. The van der Waals surface area contributed by atoms with Gasteiger partial charge in [0.2, 0.25) is 5.91 Å². The lowest BCUT2D eigenvalue weighted by Gasteiger charge is -2.23. The highest BCUT2D eigenvalue weighted by atomic mass is 32.2. The number of rotatable bonds is 7. The van der Waals surface area contributed by atoms with Crippen molar-refractivity contribution in [3.8, 4) is 0 Å². The Kier molecular flexibility index (Phi) is 7.53. The van der Waals surface area contributed by atoms with Gasteiger partial charge in [-0.2, -0.15) is 0 Å². The summed E-state index contributed by atoms with van der Waals surface area (Å²) in [6, 6.07) is 6.01. The minimum absolute atomic E-state index is 0.150. The quantitative estimate of drug-likeness (QED) is 0.679. The van der Waals surface area contributed by atoms with Gasteiger partial charge in [-0.25, -0.2) is 13.2 Å². The van der Waals surface area contributed by atoms with Gasteiger partial charge in [0.1, 0.15) is 0 Å². The number of nitrogens with zero attached hydrogens (tertiary/aromatic N) is 1. The summed E-state index contributed by atoms with van der Waals surface area (Å²) in [5.74, 6) is -1.79. The summed E-state index contributed by atoms with van der Waals surface area (Å²) >= 11 is 0. The third-order valence-electron chi connectivity index (χ3n) is 3.24. The normalized spacial score (nSPS) is 11.6. The van der Waals surface area contributed by atoms with Gasteiger partial charge in [-0.1, -0.05) is 12.1 Å². The third kappa shape index (κ3) is 9.18. The van der Waals surface area contributed by atoms with E-state index in [4.69, 9.17) is 4.74 Å². The Bertz CT molecular complexity index is 811. The van der Waals surface area contributed by atoms with Crippen molar-refractivity contribution in [2.45, 2.75) is 32.1 Å². The molecule has 0 saturated carbocycles. The highest BCUT2D eigenvalue weighted by molar-refractivity contribution is 7.89. The number of ether oxygens (including phenoxy) is 1. The number of sulfone groups is 1. The zero-order valence-corrected chi connectivity index (χ0v) is 17.1. The van der Waals surface area contributed by atoms with Crippen LogP contribution in [-0.2, 0) is 29.9 Å². The molecular formula is C18H26N2O6S. The van der Waals surface area contributed by atoms with Crippen LogP contribution in [0.1, 0.15) is 36.7 Å². The largest absolute Gasteiger partial charge is 0.452 e. The Morgan fingerprint density at radius 2 is 1.81 bits per heavy atom. The first kappa shape index (κ1) is 22.6. The molecule has 150 valence electrons. The van der Waals surface area contributed by atoms with E-state index in [0.29, 0.717) is 5.56 Å². The second-order valence-corrected chi connectivity index (χ2v) is 9.53. The van der Waals surface area contributed by atoms with Gasteiger partial charge in [-0.05, 0) is 38.5 Å². The van der Waals surface area contributed by atoms with Crippen LogP contribution in [0.15, 0.2) is 24.3 Å². The fourth-order valence-corrected chi connectivity index (χ4v) is 2.96. The van der Waals surface area contributed by atoms with Crippen LogP contribution >= 0.6 is 0 Å². The Morgan fingerprint density at radius 1 is 1.19 bits per heavy atom. The van der Waals surface area contributed by atoms with E-state index in [0.717, 1.165) is 11.2 Å². The van der Waals surface area contributed by atoms with Gasteiger partial charge in [-0.15, -0.1) is 0 Å². The molecule has 0 heterocycles. The molecule has 0 aromatic heterocycles. The van der Waals surface area contributed by atoms with E-state index in [1.165, 1.54) is 19.2 Å². The fraction of sp³-hybridized carbons (Fsp3) is 0.500. The molecule has 0 bridgehead atoms. The van der Waals surface area contributed by atoms with E-state index < -0.39 is 33.9 Å².